The molecule has 3 fully saturated rings. The molecule has 0 aromatic carbocycles. The summed E-state index contributed by atoms with van der Waals surface area (Å²) >= 11 is 0. The average molecular weight is 603 g/mol. The molecule has 3 aromatic rings. The Kier molecular flexibility index (Phi) is 7.55. The quantitative estimate of drug-likeness (QED) is 0.314. The number of fused-ring (bicyclic) bond motifs is 1. The zero-order valence-corrected chi connectivity index (χ0v) is 23.1. The van der Waals surface area contributed by atoms with Crippen molar-refractivity contribution in [1.29, 1.82) is 5.26 Å². The first kappa shape index (κ1) is 29.0. The lowest BCUT2D eigenvalue weighted by Gasteiger charge is -2.34. The minimum atomic E-state index is -2.77. The molecule has 0 spiro atoms. The molecule has 3 aliphatic carbocycles. The second-order valence-corrected chi connectivity index (χ2v) is 12.0. The van der Waals surface area contributed by atoms with E-state index in [1.807, 2.05) is 6.07 Å². The summed E-state index contributed by atoms with van der Waals surface area (Å²) in [5, 5.41) is 27.1. The van der Waals surface area contributed by atoms with Gasteiger partial charge < -0.3 is 10.6 Å². The van der Waals surface area contributed by atoms with Gasteiger partial charge in [-0.25, -0.2) is 31.7 Å². The largest absolute Gasteiger partial charge is 0.348 e. The van der Waals surface area contributed by atoms with E-state index < -0.39 is 41.7 Å². The van der Waals surface area contributed by atoms with Crippen molar-refractivity contribution >= 4 is 17.5 Å². The highest BCUT2D eigenvalue weighted by Crippen LogP contribution is 2.44. The van der Waals surface area contributed by atoms with E-state index in [9.17, 15) is 32.4 Å². The van der Waals surface area contributed by atoms with Gasteiger partial charge in [0.15, 0.2) is 11.3 Å². The van der Waals surface area contributed by atoms with Crippen LogP contribution in [0.25, 0.3) is 5.65 Å². The molecule has 15 heteroatoms. The SMILES string of the molecule is N#CC[C@H](NC(=O)CC1CC(F)(F)C1)c1cnn2cc(C(NC(=O)c3nonc3C3CC3)C3CCC(F)(F)CC3)nc2c1. The van der Waals surface area contributed by atoms with Crippen LogP contribution in [0.5, 0.6) is 0 Å². The summed E-state index contributed by atoms with van der Waals surface area (Å²) in [6.07, 6.45) is 3.72. The van der Waals surface area contributed by atoms with E-state index in [1.165, 1.54) is 10.7 Å². The summed E-state index contributed by atoms with van der Waals surface area (Å²) in [6, 6.07) is 2.19. The third kappa shape index (κ3) is 6.47. The number of aromatic nitrogens is 5. The Labute approximate surface area is 243 Å². The second kappa shape index (κ2) is 11.2. The summed E-state index contributed by atoms with van der Waals surface area (Å²) < 4.78 is 60.7. The lowest BCUT2D eigenvalue weighted by molar-refractivity contribution is -0.134. The zero-order chi connectivity index (χ0) is 30.4. The van der Waals surface area contributed by atoms with Gasteiger partial charge in [-0.1, -0.05) is 5.16 Å². The van der Waals surface area contributed by atoms with Gasteiger partial charge in [-0.05, 0) is 54.3 Å². The van der Waals surface area contributed by atoms with Crippen molar-refractivity contribution in [3.63, 3.8) is 0 Å². The highest BCUT2D eigenvalue weighted by atomic mass is 19.3. The van der Waals surface area contributed by atoms with E-state index in [0.717, 1.165) is 12.8 Å². The summed E-state index contributed by atoms with van der Waals surface area (Å²) in [5.41, 5.74) is 1.79. The number of hydrogen-bond acceptors (Lipinski definition) is 8. The Balaban J connectivity index is 1.23. The van der Waals surface area contributed by atoms with Crippen LogP contribution in [-0.2, 0) is 4.79 Å². The Morgan fingerprint density at radius 2 is 1.84 bits per heavy atom. The molecule has 228 valence electrons. The van der Waals surface area contributed by atoms with Gasteiger partial charge in [0.1, 0.15) is 5.69 Å². The molecule has 43 heavy (non-hydrogen) atoms. The lowest BCUT2D eigenvalue weighted by atomic mass is 9.79. The van der Waals surface area contributed by atoms with Crippen LogP contribution < -0.4 is 10.6 Å². The fourth-order valence-electron chi connectivity index (χ4n) is 6.05. The van der Waals surface area contributed by atoms with Gasteiger partial charge in [0, 0.05) is 38.0 Å². The Hall–Kier alpha value is -4.09. The first-order valence-electron chi connectivity index (χ1n) is 14.4. The number of alkyl halides is 4. The normalized spacial score (nSPS) is 21.5. The van der Waals surface area contributed by atoms with E-state index in [-0.39, 0.29) is 68.9 Å². The maximum atomic E-state index is 14.0. The summed E-state index contributed by atoms with van der Waals surface area (Å²) in [5.74, 6) is -7.10. The van der Waals surface area contributed by atoms with E-state index >= 15 is 0 Å². The third-order valence-electron chi connectivity index (χ3n) is 8.57. The number of nitriles is 1. The predicted molar refractivity (Wildman–Crippen MR) is 140 cm³/mol. The molecular weight excluding hydrogens is 572 g/mol. The molecule has 0 radical (unpaired) electrons. The van der Waals surface area contributed by atoms with Gasteiger partial charge in [0.05, 0.1) is 42.7 Å². The molecule has 3 saturated carbocycles. The van der Waals surface area contributed by atoms with Crippen molar-refractivity contribution in [2.24, 2.45) is 11.8 Å². The molecule has 2 amide bonds. The Morgan fingerprint density at radius 1 is 1.09 bits per heavy atom. The predicted octanol–water partition coefficient (Wildman–Crippen LogP) is 4.79. The van der Waals surface area contributed by atoms with E-state index in [4.69, 9.17) is 4.63 Å². The molecule has 11 nitrogen and oxygen atoms in total. The maximum absolute atomic E-state index is 14.0. The van der Waals surface area contributed by atoms with Gasteiger partial charge in [0.2, 0.25) is 17.8 Å². The number of nitrogens with zero attached hydrogens (tertiary/aromatic N) is 6. The molecule has 6 rings (SSSR count). The Morgan fingerprint density at radius 3 is 2.51 bits per heavy atom. The van der Waals surface area contributed by atoms with Gasteiger partial charge >= 0.3 is 0 Å². The molecule has 2 N–H and O–H groups in total. The number of amides is 2. The van der Waals surface area contributed by atoms with Gasteiger partial charge in [-0.15, -0.1) is 0 Å². The van der Waals surface area contributed by atoms with Crippen molar-refractivity contribution in [2.45, 2.75) is 94.1 Å². The highest BCUT2D eigenvalue weighted by Gasteiger charge is 2.46. The molecule has 3 aliphatic rings. The van der Waals surface area contributed by atoms with E-state index in [1.54, 1.807) is 12.3 Å². The average Bonchev–Trinajstić information content (AvgIpc) is 3.50. The molecule has 1 unspecified atom stereocenters. The van der Waals surface area contributed by atoms with Crippen LogP contribution in [0.1, 0.15) is 110 Å². The standard InChI is InChI=1S/C28H30F4N8O3/c29-27(30)6-3-17(4-7-27)23(37-26(42)25-24(16-1-2-16)38-43-39-25)20-14-40-21(35-20)10-18(13-34-40)19(5-8-33)36-22(41)9-15-11-28(31,32)12-15/h10,13-17,19,23H,1-7,9,11-12H2,(H,36,41)(H,37,42)/t19-,23?/m0/s1. The third-order valence-corrected chi connectivity index (χ3v) is 8.57. The van der Waals surface area contributed by atoms with Crippen LogP contribution in [0.4, 0.5) is 17.6 Å². The number of rotatable bonds is 10. The first-order valence-corrected chi connectivity index (χ1v) is 14.4. The number of imidazole rings is 1. The molecular formula is C28H30F4N8O3. The van der Waals surface area contributed by atoms with E-state index in [0.29, 0.717) is 22.6 Å². The van der Waals surface area contributed by atoms with Gasteiger partial charge in [-0.3, -0.25) is 9.59 Å². The highest BCUT2D eigenvalue weighted by molar-refractivity contribution is 5.93. The molecule has 0 saturated heterocycles. The number of carbonyl (C=O) groups is 2. The molecule has 2 atom stereocenters. The minimum absolute atomic E-state index is 0.0635. The number of halogens is 4. The van der Waals surface area contributed by atoms with Crippen LogP contribution in [0.2, 0.25) is 0 Å². The first-order chi connectivity index (χ1) is 20.5. The topological polar surface area (TPSA) is 151 Å². The van der Waals surface area contributed by atoms with Crippen molar-refractivity contribution in [2.75, 3.05) is 0 Å². The van der Waals surface area contributed by atoms with Crippen LogP contribution >= 0.6 is 0 Å². The maximum Gasteiger partial charge on any atom is 0.276 e. The van der Waals surface area contributed by atoms with Crippen molar-refractivity contribution in [1.82, 2.24) is 35.5 Å². The van der Waals surface area contributed by atoms with Crippen molar-refractivity contribution in [3.05, 3.63) is 41.1 Å². The molecule has 0 aliphatic heterocycles. The number of hydrogen-bond donors (Lipinski definition) is 2. The summed E-state index contributed by atoms with van der Waals surface area (Å²) in [6.45, 7) is 0. The smallest absolute Gasteiger partial charge is 0.276 e. The number of carbonyl (C=O) groups excluding carboxylic acids is 2. The van der Waals surface area contributed by atoms with E-state index in [2.05, 4.69) is 31.0 Å². The lowest BCUT2D eigenvalue weighted by Crippen LogP contribution is -2.39. The molecule has 0 bridgehead atoms. The van der Waals surface area contributed by atoms with Crippen LogP contribution in [0.15, 0.2) is 23.1 Å². The fourth-order valence-corrected chi connectivity index (χ4v) is 6.05. The monoisotopic (exact) mass is 602 g/mol. The zero-order valence-electron chi connectivity index (χ0n) is 23.1. The summed E-state index contributed by atoms with van der Waals surface area (Å²) in [7, 11) is 0. The van der Waals surface area contributed by atoms with Crippen LogP contribution in [-0.4, -0.2) is 48.6 Å². The molecule has 3 heterocycles. The second-order valence-electron chi connectivity index (χ2n) is 12.0. The fraction of sp³-hybridized carbons (Fsp3) is 0.607. The van der Waals surface area contributed by atoms with Crippen molar-refractivity contribution < 1.29 is 31.8 Å². The van der Waals surface area contributed by atoms with Gasteiger partial charge in [0.25, 0.3) is 5.91 Å². The number of nitrogens with one attached hydrogen (secondary N) is 2. The van der Waals surface area contributed by atoms with Crippen LogP contribution in [0, 0.1) is 23.2 Å². The van der Waals surface area contributed by atoms with Crippen molar-refractivity contribution in [3.8, 4) is 6.07 Å². The molecule has 3 aromatic heterocycles. The van der Waals surface area contributed by atoms with Crippen LogP contribution in [0.3, 0.4) is 0 Å². The minimum Gasteiger partial charge on any atom is -0.348 e. The van der Waals surface area contributed by atoms with Gasteiger partial charge in [-0.2, -0.15) is 10.4 Å². The summed E-state index contributed by atoms with van der Waals surface area (Å²) in [4.78, 5) is 30.5. The Bertz CT molecular complexity index is 1540.